The number of hydrogen-bond donors (Lipinski definition) is 2. The van der Waals surface area contributed by atoms with Gasteiger partial charge in [0.05, 0.1) is 29.5 Å². The fraction of sp³-hybridized carbons (Fsp3) is 0.278. The zero-order chi connectivity index (χ0) is 19.3. The van der Waals surface area contributed by atoms with Gasteiger partial charge in [-0.2, -0.15) is 0 Å². The summed E-state index contributed by atoms with van der Waals surface area (Å²) in [5.74, 6) is 0.367. The van der Waals surface area contributed by atoms with E-state index in [1.165, 1.54) is 18.2 Å². The molecule has 2 rings (SSSR count). The Hall–Kier alpha value is -2.25. The van der Waals surface area contributed by atoms with Crippen LogP contribution in [0.5, 0.6) is 5.75 Å². The van der Waals surface area contributed by atoms with E-state index in [0.29, 0.717) is 6.61 Å². The first-order chi connectivity index (χ1) is 12.2. The number of ether oxygens (including phenoxy) is 1. The van der Waals surface area contributed by atoms with Gasteiger partial charge in [-0.25, -0.2) is 8.42 Å². The maximum Gasteiger partial charge on any atom is 0.253 e. The predicted octanol–water partition coefficient (Wildman–Crippen LogP) is 3.60. The topological polar surface area (TPSA) is 84.5 Å². The summed E-state index contributed by atoms with van der Waals surface area (Å²) in [6.07, 6.45) is 1.04. The second-order valence-electron chi connectivity index (χ2n) is 5.77. The standard InChI is InChI=1S/C18H21ClN2O4S/c1-4-25-15-8-5-13(6-9-15)12(2)20-18(22)16-11-14(7-10-17(16)19)21-26(3,23)24/h5-12,21H,4H2,1-3H3,(H,20,22). The van der Waals surface area contributed by atoms with Crippen LogP contribution in [0.25, 0.3) is 0 Å². The summed E-state index contributed by atoms with van der Waals surface area (Å²) in [5.41, 5.74) is 1.37. The number of hydrogen-bond acceptors (Lipinski definition) is 4. The molecule has 6 nitrogen and oxygen atoms in total. The molecule has 0 aliphatic rings. The number of halogens is 1. The van der Waals surface area contributed by atoms with Gasteiger partial charge in [-0.1, -0.05) is 23.7 Å². The summed E-state index contributed by atoms with van der Waals surface area (Å²) < 4.78 is 30.4. The Morgan fingerprint density at radius 1 is 1.19 bits per heavy atom. The zero-order valence-electron chi connectivity index (χ0n) is 14.7. The minimum atomic E-state index is -3.44. The van der Waals surface area contributed by atoms with E-state index < -0.39 is 15.9 Å². The monoisotopic (exact) mass is 396 g/mol. The van der Waals surface area contributed by atoms with E-state index in [1.54, 1.807) is 0 Å². The highest BCUT2D eigenvalue weighted by atomic mass is 35.5. The summed E-state index contributed by atoms with van der Waals surface area (Å²) in [4.78, 5) is 12.5. The highest BCUT2D eigenvalue weighted by Gasteiger charge is 2.16. The van der Waals surface area contributed by atoms with Crippen LogP contribution in [0.2, 0.25) is 5.02 Å². The van der Waals surface area contributed by atoms with Crippen LogP contribution in [0.3, 0.4) is 0 Å². The van der Waals surface area contributed by atoms with Crippen molar-refractivity contribution >= 4 is 33.2 Å². The molecule has 8 heteroatoms. The van der Waals surface area contributed by atoms with Gasteiger partial charge in [0, 0.05) is 5.69 Å². The average Bonchev–Trinajstić information content (AvgIpc) is 2.56. The molecule has 0 saturated heterocycles. The van der Waals surface area contributed by atoms with Gasteiger partial charge in [0.25, 0.3) is 5.91 Å². The Labute approximate surface area is 158 Å². The minimum Gasteiger partial charge on any atom is -0.494 e. The molecule has 0 aliphatic carbocycles. The number of sulfonamides is 1. The quantitative estimate of drug-likeness (QED) is 0.748. The molecule has 1 atom stereocenters. The van der Waals surface area contributed by atoms with Crippen molar-refractivity contribution in [2.24, 2.45) is 0 Å². The van der Waals surface area contributed by atoms with Crippen LogP contribution in [0.1, 0.15) is 35.8 Å². The van der Waals surface area contributed by atoms with Crippen LogP contribution in [-0.4, -0.2) is 27.2 Å². The smallest absolute Gasteiger partial charge is 0.253 e. The van der Waals surface area contributed by atoms with Crippen molar-refractivity contribution in [1.29, 1.82) is 0 Å². The van der Waals surface area contributed by atoms with Crippen molar-refractivity contribution < 1.29 is 17.9 Å². The molecule has 2 aromatic carbocycles. The van der Waals surface area contributed by atoms with Gasteiger partial charge in [-0.15, -0.1) is 0 Å². The second kappa shape index (κ2) is 8.42. The first kappa shape index (κ1) is 20.1. The molecule has 0 fully saturated rings. The van der Waals surface area contributed by atoms with E-state index in [2.05, 4.69) is 10.0 Å². The molecule has 1 amide bonds. The molecular weight excluding hydrogens is 376 g/mol. The first-order valence-electron chi connectivity index (χ1n) is 8.00. The number of benzene rings is 2. The molecule has 140 valence electrons. The summed E-state index contributed by atoms with van der Waals surface area (Å²) in [6.45, 7) is 4.34. The van der Waals surface area contributed by atoms with E-state index in [9.17, 15) is 13.2 Å². The normalized spacial score (nSPS) is 12.3. The van der Waals surface area contributed by atoms with Crippen LogP contribution >= 0.6 is 11.6 Å². The highest BCUT2D eigenvalue weighted by molar-refractivity contribution is 7.92. The Bertz CT molecular complexity index is 883. The Balaban J connectivity index is 2.14. The van der Waals surface area contributed by atoms with Gasteiger partial charge in [0.2, 0.25) is 10.0 Å². The number of rotatable bonds is 7. The average molecular weight is 397 g/mol. The van der Waals surface area contributed by atoms with Gasteiger partial charge in [-0.3, -0.25) is 9.52 Å². The molecule has 2 N–H and O–H groups in total. The lowest BCUT2D eigenvalue weighted by atomic mass is 10.1. The Morgan fingerprint density at radius 2 is 1.85 bits per heavy atom. The lowest BCUT2D eigenvalue weighted by Gasteiger charge is -2.16. The molecule has 0 bridgehead atoms. The van der Waals surface area contributed by atoms with E-state index >= 15 is 0 Å². The van der Waals surface area contributed by atoms with Gasteiger partial charge < -0.3 is 10.1 Å². The summed E-state index contributed by atoms with van der Waals surface area (Å²) >= 11 is 6.09. The van der Waals surface area contributed by atoms with Gasteiger partial charge >= 0.3 is 0 Å². The molecule has 0 spiro atoms. The second-order valence-corrected chi connectivity index (χ2v) is 7.92. The fourth-order valence-corrected chi connectivity index (χ4v) is 3.11. The van der Waals surface area contributed by atoms with Crippen LogP contribution in [0, 0.1) is 0 Å². The zero-order valence-corrected chi connectivity index (χ0v) is 16.3. The Morgan fingerprint density at radius 3 is 2.42 bits per heavy atom. The molecular formula is C18H21ClN2O4S. The highest BCUT2D eigenvalue weighted by Crippen LogP contribution is 2.23. The number of amides is 1. The van der Waals surface area contributed by atoms with E-state index in [-0.39, 0.29) is 22.3 Å². The molecule has 1 unspecified atom stereocenters. The molecule has 0 radical (unpaired) electrons. The third kappa shape index (κ3) is 5.64. The molecule has 0 aromatic heterocycles. The fourth-order valence-electron chi connectivity index (χ4n) is 2.35. The van der Waals surface area contributed by atoms with Crippen molar-refractivity contribution in [2.45, 2.75) is 19.9 Å². The molecule has 0 saturated carbocycles. The maximum atomic E-state index is 12.5. The molecule has 2 aromatic rings. The third-order valence-electron chi connectivity index (χ3n) is 3.55. The van der Waals surface area contributed by atoms with Crippen LogP contribution < -0.4 is 14.8 Å². The number of carbonyl (C=O) groups is 1. The van der Waals surface area contributed by atoms with E-state index in [0.717, 1.165) is 17.6 Å². The largest absolute Gasteiger partial charge is 0.494 e. The molecule has 0 aliphatic heterocycles. The summed E-state index contributed by atoms with van der Waals surface area (Å²) in [5, 5.41) is 3.09. The molecule has 26 heavy (non-hydrogen) atoms. The van der Waals surface area contributed by atoms with Crippen molar-refractivity contribution in [2.75, 3.05) is 17.6 Å². The Kier molecular flexibility index (Phi) is 6.50. The van der Waals surface area contributed by atoms with E-state index in [1.807, 2.05) is 38.1 Å². The van der Waals surface area contributed by atoms with Gasteiger partial charge in [0.1, 0.15) is 5.75 Å². The number of nitrogens with one attached hydrogen (secondary N) is 2. The van der Waals surface area contributed by atoms with Gasteiger partial charge in [-0.05, 0) is 49.7 Å². The number of anilines is 1. The maximum absolute atomic E-state index is 12.5. The van der Waals surface area contributed by atoms with Crippen LogP contribution in [0.4, 0.5) is 5.69 Å². The lowest BCUT2D eigenvalue weighted by Crippen LogP contribution is -2.27. The van der Waals surface area contributed by atoms with Crippen molar-refractivity contribution in [3.05, 3.63) is 58.6 Å². The first-order valence-corrected chi connectivity index (χ1v) is 10.3. The van der Waals surface area contributed by atoms with E-state index in [4.69, 9.17) is 16.3 Å². The minimum absolute atomic E-state index is 0.193. The third-order valence-corrected chi connectivity index (χ3v) is 4.49. The lowest BCUT2D eigenvalue weighted by molar-refractivity contribution is 0.0940. The van der Waals surface area contributed by atoms with Crippen molar-refractivity contribution in [3.63, 3.8) is 0 Å². The van der Waals surface area contributed by atoms with Gasteiger partial charge in [0.15, 0.2) is 0 Å². The van der Waals surface area contributed by atoms with Crippen LogP contribution in [0.15, 0.2) is 42.5 Å². The number of carbonyl (C=O) groups excluding carboxylic acids is 1. The predicted molar refractivity (Wildman–Crippen MR) is 103 cm³/mol. The summed E-state index contributed by atoms with van der Waals surface area (Å²) in [7, 11) is -3.44. The van der Waals surface area contributed by atoms with Crippen LogP contribution in [-0.2, 0) is 10.0 Å². The van der Waals surface area contributed by atoms with Crippen molar-refractivity contribution in [3.8, 4) is 5.75 Å². The SMILES string of the molecule is CCOc1ccc(C(C)NC(=O)c2cc(NS(C)(=O)=O)ccc2Cl)cc1. The van der Waals surface area contributed by atoms with Crippen molar-refractivity contribution in [1.82, 2.24) is 5.32 Å². The molecule has 0 heterocycles. The summed E-state index contributed by atoms with van der Waals surface area (Å²) in [6, 6.07) is 11.5.